The van der Waals surface area contributed by atoms with Crippen LogP contribution in [0.5, 0.6) is 0 Å². The highest BCUT2D eigenvalue weighted by molar-refractivity contribution is 8.03. The zero-order valence-corrected chi connectivity index (χ0v) is 17.6. The number of carbonyl (C=O) groups excluding carboxylic acids is 2. The molecule has 0 fully saturated rings. The van der Waals surface area contributed by atoms with Crippen LogP contribution in [0, 0.1) is 21.4 Å². The monoisotopic (exact) mass is 436 g/mol. The lowest BCUT2D eigenvalue weighted by Gasteiger charge is -2.25. The smallest absolute Gasteiger partial charge is 0.269 e. The van der Waals surface area contributed by atoms with E-state index in [9.17, 15) is 25.0 Å². The zero-order valence-electron chi connectivity index (χ0n) is 16.8. The number of anilines is 1. The summed E-state index contributed by atoms with van der Waals surface area (Å²) in [5, 5.41) is 26.6. The highest BCUT2D eigenvalue weighted by atomic mass is 32.2. The summed E-state index contributed by atoms with van der Waals surface area (Å²) in [4.78, 5) is 35.3. The van der Waals surface area contributed by atoms with E-state index < -0.39 is 10.8 Å². The molecule has 0 aromatic heterocycles. The predicted octanol–water partition coefficient (Wildman–Crippen LogP) is 3.87. The van der Waals surface area contributed by atoms with Gasteiger partial charge in [-0.25, -0.2) is 0 Å². The molecule has 31 heavy (non-hydrogen) atoms. The number of amides is 2. The molecule has 1 atom stereocenters. The Balaban J connectivity index is 1.79. The van der Waals surface area contributed by atoms with E-state index in [2.05, 4.69) is 16.7 Å². The number of nitro groups is 1. The molecule has 1 aliphatic rings. The molecule has 9 heteroatoms. The van der Waals surface area contributed by atoms with Crippen LogP contribution in [-0.4, -0.2) is 22.5 Å². The molecule has 2 N–H and O–H groups in total. The minimum Gasteiger partial charge on any atom is -0.325 e. The van der Waals surface area contributed by atoms with Gasteiger partial charge in [-0.05, 0) is 23.6 Å². The van der Waals surface area contributed by atoms with Crippen LogP contribution in [0.15, 0.2) is 59.1 Å². The van der Waals surface area contributed by atoms with Gasteiger partial charge in [0.15, 0.2) is 0 Å². The molecule has 8 nitrogen and oxygen atoms in total. The van der Waals surface area contributed by atoms with Crippen LogP contribution < -0.4 is 10.6 Å². The van der Waals surface area contributed by atoms with Crippen molar-refractivity contribution in [2.75, 3.05) is 11.1 Å². The number of nitriles is 1. The number of non-ortho nitro benzene ring substituents is 1. The van der Waals surface area contributed by atoms with Crippen LogP contribution in [0.2, 0.25) is 0 Å². The number of hydrogen-bond donors (Lipinski definition) is 2. The van der Waals surface area contributed by atoms with Gasteiger partial charge in [0.2, 0.25) is 11.8 Å². The number of para-hydroxylation sites is 1. The standard InChI is InChI=1S/C22H20N4O4S/c1-2-14-6-3-4-9-19(14)24-21(28)13-31-22-18(12-23)17(11-20(27)25-22)15-7-5-8-16(10-15)26(29)30/h3-10,17H,2,11,13H2,1H3,(H,24,28)(H,25,27). The number of rotatable bonds is 7. The van der Waals surface area contributed by atoms with E-state index >= 15 is 0 Å². The quantitative estimate of drug-likeness (QED) is 0.501. The second-order valence-electron chi connectivity index (χ2n) is 6.86. The lowest BCUT2D eigenvalue weighted by Crippen LogP contribution is -2.31. The summed E-state index contributed by atoms with van der Waals surface area (Å²) in [5.41, 5.74) is 2.43. The van der Waals surface area contributed by atoms with Crippen LogP contribution in [-0.2, 0) is 16.0 Å². The number of carbonyl (C=O) groups is 2. The maximum Gasteiger partial charge on any atom is 0.269 e. The molecule has 0 saturated heterocycles. The average molecular weight is 436 g/mol. The van der Waals surface area contributed by atoms with Crippen molar-refractivity contribution in [1.82, 2.24) is 5.32 Å². The molecule has 0 saturated carbocycles. The third-order valence-corrected chi connectivity index (χ3v) is 5.88. The average Bonchev–Trinajstić information content (AvgIpc) is 2.77. The Kier molecular flexibility index (Phi) is 7.05. The molecule has 3 rings (SSSR count). The van der Waals surface area contributed by atoms with Crippen LogP contribution >= 0.6 is 11.8 Å². The topological polar surface area (TPSA) is 125 Å². The molecule has 0 spiro atoms. The van der Waals surface area contributed by atoms with Crippen LogP contribution in [0.3, 0.4) is 0 Å². The number of nitrogens with one attached hydrogen (secondary N) is 2. The van der Waals surface area contributed by atoms with Gasteiger partial charge >= 0.3 is 0 Å². The fraction of sp³-hybridized carbons (Fsp3) is 0.227. The zero-order chi connectivity index (χ0) is 22.4. The highest BCUT2D eigenvalue weighted by Crippen LogP contribution is 2.37. The molecule has 1 aliphatic heterocycles. The van der Waals surface area contributed by atoms with E-state index in [4.69, 9.17) is 0 Å². The Morgan fingerprint density at radius 3 is 2.81 bits per heavy atom. The number of nitrogens with zero attached hydrogens (tertiary/aromatic N) is 2. The number of hydrogen-bond acceptors (Lipinski definition) is 6. The fourth-order valence-corrected chi connectivity index (χ4v) is 4.22. The number of allylic oxidation sites excluding steroid dienone is 1. The van der Waals surface area contributed by atoms with Gasteiger partial charge in [-0.1, -0.05) is 49.0 Å². The summed E-state index contributed by atoms with van der Waals surface area (Å²) in [6, 6.07) is 15.5. The molecule has 158 valence electrons. The Morgan fingerprint density at radius 2 is 2.10 bits per heavy atom. The van der Waals surface area contributed by atoms with Gasteiger partial charge < -0.3 is 10.6 Å². The first kappa shape index (κ1) is 22.1. The number of thioether (sulfide) groups is 1. The first-order chi connectivity index (χ1) is 14.9. The summed E-state index contributed by atoms with van der Waals surface area (Å²) in [5.74, 6) is -1.18. The summed E-state index contributed by atoms with van der Waals surface area (Å²) < 4.78 is 0. The Labute approximate surface area is 183 Å². The van der Waals surface area contributed by atoms with Crippen molar-refractivity contribution in [3.05, 3.63) is 80.4 Å². The SMILES string of the molecule is CCc1ccccc1NC(=O)CSC1=C(C#N)C(c2cccc([N+](=O)[O-])c2)CC(=O)N1. The minimum absolute atomic E-state index is 0.000495. The largest absolute Gasteiger partial charge is 0.325 e. The lowest BCUT2D eigenvalue weighted by atomic mass is 9.87. The van der Waals surface area contributed by atoms with Gasteiger partial charge in [-0.15, -0.1) is 0 Å². The fourth-order valence-electron chi connectivity index (χ4n) is 3.35. The van der Waals surface area contributed by atoms with Gasteiger partial charge in [0.1, 0.15) is 0 Å². The third-order valence-electron chi connectivity index (χ3n) is 4.86. The molecule has 0 radical (unpaired) electrons. The van der Waals surface area contributed by atoms with Gasteiger partial charge in [-0.3, -0.25) is 19.7 Å². The van der Waals surface area contributed by atoms with Crippen molar-refractivity contribution in [3.8, 4) is 6.07 Å². The van der Waals surface area contributed by atoms with E-state index in [1.807, 2.05) is 31.2 Å². The molecule has 1 heterocycles. The van der Waals surface area contributed by atoms with E-state index in [-0.39, 0.29) is 35.2 Å². The molecule has 0 bridgehead atoms. The number of benzene rings is 2. The van der Waals surface area contributed by atoms with Gasteiger partial charge in [-0.2, -0.15) is 5.26 Å². The molecular weight excluding hydrogens is 416 g/mol. The van der Waals surface area contributed by atoms with Gasteiger partial charge in [0.25, 0.3) is 5.69 Å². The predicted molar refractivity (Wildman–Crippen MR) is 118 cm³/mol. The van der Waals surface area contributed by atoms with Crippen molar-refractivity contribution in [2.45, 2.75) is 25.7 Å². The van der Waals surface area contributed by atoms with Crippen molar-refractivity contribution >= 4 is 35.0 Å². The van der Waals surface area contributed by atoms with E-state index in [1.165, 1.54) is 18.2 Å². The first-order valence-electron chi connectivity index (χ1n) is 9.62. The Bertz CT molecular complexity index is 1110. The molecule has 2 aromatic rings. The lowest BCUT2D eigenvalue weighted by molar-refractivity contribution is -0.384. The summed E-state index contributed by atoms with van der Waals surface area (Å²) in [6.07, 6.45) is 0.776. The van der Waals surface area contributed by atoms with Crippen LogP contribution in [0.4, 0.5) is 11.4 Å². The summed E-state index contributed by atoms with van der Waals surface area (Å²) in [6.45, 7) is 2.00. The van der Waals surface area contributed by atoms with E-state index in [1.54, 1.807) is 6.07 Å². The van der Waals surface area contributed by atoms with Crippen LogP contribution in [0.1, 0.15) is 30.4 Å². The minimum atomic E-state index is -0.606. The first-order valence-corrected chi connectivity index (χ1v) is 10.6. The Morgan fingerprint density at radius 1 is 1.32 bits per heavy atom. The number of aryl methyl sites for hydroxylation is 1. The van der Waals surface area contributed by atoms with Crippen molar-refractivity contribution in [2.24, 2.45) is 0 Å². The molecule has 1 unspecified atom stereocenters. The number of nitro benzene ring substituents is 1. The summed E-state index contributed by atoms with van der Waals surface area (Å²) in [7, 11) is 0. The van der Waals surface area contributed by atoms with Gasteiger partial charge in [0, 0.05) is 30.2 Å². The second kappa shape index (κ2) is 9.91. The second-order valence-corrected chi connectivity index (χ2v) is 7.84. The van der Waals surface area contributed by atoms with Crippen molar-refractivity contribution in [3.63, 3.8) is 0 Å². The highest BCUT2D eigenvalue weighted by Gasteiger charge is 2.30. The van der Waals surface area contributed by atoms with Crippen LogP contribution in [0.25, 0.3) is 0 Å². The Hall–Kier alpha value is -3.64. The molecule has 2 amide bonds. The van der Waals surface area contributed by atoms with Crippen molar-refractivity contribution in [1.29, 1.82) is 5.26 Å². The van der Waals surface area contributed by atoms with Crippen molar-refractivity contribution < 1.29 is 14.5 Å². The molecule has 0 aliphatic carbocycles. The van der Waals surface area contributed by atoms with E-state index in [0.717, 1.165) is 29.4 Å². The molecule has 2 aromatic carbocycles. The maximum absolute atomic E-state index is 12.4. The van der Waals surface area contributed by atoms with Gasteiger partial charge in [0.05, 0.1) is 27.3 Å². The van der Waals surface area contributed by atoms with E-state index in [0.29, 0.717) is 10.6 Å². The third kappa shape index (κ3) is 5.29. The molecular formula is C22H20N4O4S. The summed E-state index contributed by atoms with van der Waals surface area (Å²) >= 11 is 1.06. The normalized spacial score (nSPS) is 15.7. The maximum atomic E-state index is 12.4.